The Morgan fingerprint density at radius 2 is 1.71 bits per heavy atom. The Balaban J connectivity index is 1.72. The maximum atomic E-state index is 5.41. The summed E-state index contributed by atoms with van der Waals surface area (Å²) in [7, 11) is 5.83. The number of hydrogen-bond donors (Lipinski definition) is 1. The fourth-order valence-electron chi connectivity index (χ4n) is 3.01. The standard InChI is InChI=1S/C21H28N6O/c1-16-22-13-18(25-16)15-27(10-9-26(2)3)14-17-11-23-21(24-12-17)19-7-5-6-8-20(19)28-4/h5-8,11-13H,9-10,14-15H2,1-4H3,(H,22,25). The second-order valence-corrected chi connectivity index (χ2v) is 7.12. The van der Waals surface area contributed by atoms with E-state index in [2.05, 4.69) is 43.8 Å². The van der Waals surface area contributed by atoms with E-state index in [1.54, 1.807) is 7.11 Å². The first kappa shape index (κ1) is 20.0. The molecule has 0 saturated heterocycles. The van der Waals surface area contributed by atoms with E-state index in [0.717, 1.165) is 54.6 Å². The molecule has 0 bridgehead atoms. The number of ether oxygens (including phenoxy) is 1. The van der Waals surface area contributed by atoms with Gasteiger partial charge in [-0.2, -0.15) is 0 Å². The summed E-state index contributed by atoms with van der Waals surface area (Å²) in [6.07, 6.45) is 5.70. The predicted octanol–water partition coefficient (Wildman–Crippen LogP) is 2.75. The summed E-state index contributed by atoms with van der Waals surface area (Å²) < 4.78 is 5.41. The second-order valence-electron chi connectivity index (χ2n) is 7.12. The second kappa shape index (κ2) is 9.43. The topological polar surface area (TPSA) is 70.2 Å². The first-order valence-corrected chi connectivity index (χ1v) is 9.37. The quantitative estimate of drug-likeness (QED) is 0.616. The number of aromatic amines is 1. The number of hydrogen-bond acceptors (Lipinski definition) is 6. The van der Waals surface area contributed by atoms with Crippen LogP contribution in [-0.2, 0) is 13.1 Å². The molecule has 148 valence electrons. The predicted molar refractivity (Wildman–Crippen MR) is 110 cm³/mol. The summed E-state index contributed by atoms with van der Waals surface area (Å²) in [5, 5.41) is 0. The zero-order valence-corrected chi connectivity index (χ0v) is 17.0. The van der Waals surface area contributed by atoms with Gasteiger partial charge < -0.3 is 14.6 Å². The number of imidazole rings is 1. The van der Waals surface area contributed by atoms with Crippen molar-refractivity contribution in [1.29, 1.82) is 0 Å². The molecule has 7 nitrogen and oxygen atoms in total. The van der Waals surface area contributed by atoms with Crippen molar-refractivity contribution in [2.24, 2.45) is 0 Å². The number of aromatic nitrogens is 4. The minimum atomic E-state index is 0.672. The van der Waals surface area contributed by atoms with Gasteiger partial charge in [-0.3, -0.25) is 4.90 Å². The van der Waals surface area contributed by atoms with E-state index in [1.807, 2.05) is 49.8 Å². The lowest BCUT2D eigenvalue weighted by atomic mass is 10.2. The molecule has 2 heterocycles. The molecule has 0 fully saturated rings. The van der Waals surface area contributed by atoms with Gasteiger partial charge in [0.05, 0.1) is 12.7 Å². The van der Waals surface area contributed by atoms with Crippen LogP contribution in [0.25, 0.3) is 11.4 Å². The van der Waals surface area contributed by atoms with E-state index in [4.69, 9.17) is 4.74 Å². The zero-order valence-electron chi connectivity index (χ0n) is 17.0. The van der Waals surface area contributed by atoms with Crippen molar-refractivity contribution in [3.05, 3.63) is 59.9 Å². The smallest absolute Gasteiger partial charge is 0.162 e. The van der Waals surface area contributed by atoms with E-state index < -0.39 is 0 Å². The van der Waals surface area contributed by atoms with Crippen LogP contribution in [0.2, 0.25) is 0 Å². The highest BCUT2D eigenvalue weighted by molar-refractivity contribution is 5.63. The van der Waals surface area contributed by atoms with Crippen molar-refractivity contribution in [3.8, 4) is 17.1 Å². The van der Waals surface area contributed by atoms with Crippen LogP contribution in [0.5, 0.6) is 5.75 Å². The van der Waals surface area contributed by atoms with Crippen molar-refractivity contribution in [2.75, 3.05) is 34.3 Å². The maximum absolute atomic E-state index is 5.41. The number of methoxy groups -OCH3 is 1. The number of aryl methyl sites for hydroxylation is 1. The molecule has 28 heavy (non-hydrogen) atoms. The maximum Gasteiger partial charge on any atom is 0.162 e. The molecule has 3 rings (SSSR count). The summed E-state index contributed by atoms with van der Waals surface area (Å²) in [4.78, 5) is 21.3. The van der Waals surface area contributed by atoms with Gasteiger partial charge in [-0.05, 0) is 33.2 Å². The van der Waals surface area contributed by atoms with Gasteiger partial charge in [0.2, 0.25) is 0 Å². The van der Waals surface area contributed by atoms with Crippen LogP contribution in [0.4, 0.5) is 0 Å². The third-order valence-electron chi connectivity index (χ3n) is 4.47. The van der Waals surface area contributed by atoms with Gasteiger partial charge in [0, 0.05) is 56.0 Å². The summed E-state index contributed by atoms with van der Waals surface area (Å²) in [5.41, 5.74) is 3.09. The van der Waals surface area contributed by atoms with Gasteiger partial charge >= 0.3 is 0 Å². The molecular weight excluding hydrogens is 352 g/mol. The van der Waals surface area contributed by atoms with Crippen molar-refractivity contribution in [3.63, 3.8) is 0 Å². The number of rotatable bonds is 9. The van der Waals surface area contributed by atoms with Crippen molar-refractivity contribution in [2.45, 2.75) is 20.0 Å². The van der Waals surface area contributed by atoms with Crippen LogP contribution < -0.4 is 4.74 Å². The zero-order chi connectivity index (χ0) is 19.9. The van der Waals surface area contributed by atoms with E-state index >= 15 is 0 Å². The molecule has 0 unspecified atom stereocenters. The van der Waals surface area contributed by atoms with Gasteiger partial charge in [0.15, 0.2) is 5.82 Å². The summed E-state index contributed by atoms with van der Waals surface area (Å²) in [5.74, 6) is 2.38. The Bertz CT molecular complexity index is 875. The molecule has 2 aromatic heterocycles. The lowest BCUT2D eigenvalue weighted by molar-refractivity contribution is 0.224. The van der Waals surface area contributed by atoms with Crippen molar-refractivity contribution >= 4 is 0 Å². The monoisotopic (exact) mass is 380 g/mol. The molecule has 0 saturated carbocycles. The molecular formula is C21H28N6O. The Morgan fingerprint density at radius 3 is 2.36 bits per heavy atom. The largest absolute Gasteiger partial charge is 0.496 e. The summed E-state index contributed by atoms with van der Waals surface area (Å²) >= 11 is 0. The first-order valence-electron chi connectivity index (χ1n) is 9.37. The van der Waals surface area contributed by atoms with Gasteiger partial charge in [0.1, 0.15) is 11.6 Å². The van der Waals surface area contributed by atoms with Crippen molar-refractivity contribution in [1.82, 2.24) is 29.7 Å². The minimum absolute atomic E-state index is 0.672. The number of para-hydroxylation sites is 1. The van der Waals surface area contributed by atoms with E-state index in [9.17, 15) is 0 Å². The van der Waals surface area contributed by atoms with Gasteiger partial charge in [-0.1, -0.05) is 12.1 Å². The SMILES string of the molecule is COc1ccccc1-c1ncc(CN(CCN(C)C)Cc2cnc(C)[nH]2)cn1. The van der Waals surface area contributed by atoms with Crippen LogP contribution in [0.1, 0.15) is 17.1 Å². The van der Waals surface area contributed by atoms with Crippen LogP contribution in [0.3, 0.4) is 0 Å². The summed E-state index contributed by atoms with van der Waals surface area (Å²) in [6, 6.07) is 7.79. The Morgan fingerprint density at radius 1 is 0.964 bits per heavy atom. The highest BCUT2D eigenvalue weighted by Gasteiger charge is 2.12. The number of nitrogens with one attached hydrogen (secondary N) is 1. The Hall–Kier alpha value is -2.77. The Labute approximate surface area is 166 Å². The number of nitrogens with zero attached hydrogens (tertiary/aromatic N) is 5. The van der Waals surface area contributed by atoms with Crippen LogP contribution in [-0.4, -0.2) is 64.0 Å². The lowest BCUT2D eigenvalue weighted by Crippen LogP contribution is -2.31. The molecule has 7 heteroatoms. The third kappa shape index (κ3) is 5.37. The van der Waals surface area contributed by atoms with Crippen LogP contribution in [0, 0.1) is 6.92 Å². The van der Waals surface area contributed by atoms with Crippen LogP contribution >= 0.6 is 0 Å². The molecule has 0 atom stereocenters. The average Bonchev–Trinajstić information content (AvgIpc) is 3.11. The third-order valence-corrected chi connectivity index (χ3v) is 4.47. The Kier molecular flexibility index (Phi) is 6.73. The molecule has 0 radical (unpaired) electrons. The molecule has 0 aliphatic carbocycles. The molecule has 3 aromatic rings. The van der Waals surface area contributed by atoms with Crippen LogP contribution in [0.15, 0.2) is 42.9 Å². The van der Waals surface area contributed by atoms with Gasteiger partial charge in [-0.25, -0.2) is 15.0 Å². The van der Waals surface area contributed by atoms with Crippen molar-refractivity contribution < 1.29 is 4.74 Å². The molecule has 0 aliphatic heterocycles. The lowest BCUT2D eigenvalue weighted by Gasteiger charge is -2.23. The van der Waals surface area contributed by atoms with E-state index in [0.29, 0.717) is 5.82 Å². The molecule has 1 aromatic carbocycles. The average molecular weight is 380 g/mol. The number of H-pyrrole nitrogens is 1. The molecule has 0 spiro atoms. The minimum Gasteiger partial charge on any atom is -0.496 e. The highest BCUT2D eigenvalue weighted by atomic mass is 16.5. The number of likely N-dealkylation sites (N-methyl/N-ethyl adjacent to an activating group) is 1. The van der Waals surface area contributed by atoms with Gasteiger partial charge in [0.25, 0.3) is 0 Å². The molecule has 0 aliphatic rings. The number of benzene rings is 1. The van der Waals surface area contributed by atoms with E-state index in [1.165, 1.54) is 0 Å². The molecule has 1 N–H and O–H groups in total. The highest BCUT2D eigenvalue weighted by Crippen LogP contribution is 2.26. The van der Waals surface area contributed by atoms with E-state index in [-0.39, 0.29) is 0 Å². The fourth-order valence-corrected chi connectivity index (χ4v) is 3.01. The summed E-state index contributed by atoms with van der Waals surface area (Å²) in [6.45, 7) is 5.48. The molecule has 0 amide bonds. The van der Waals surface area contributed by atoms with Gasteiger partial charge in [-0.15, -0.1) is 0 Å². The first-order chi connectivity index (χ1) is 13.5. The normalized spacial score (nSPS) is 11.4. The fraction of sp³-hybridized carbons (Fsp3) is 0.381.